The maximum atomic E-state index is 8.71. The normalized spacial score (nSPS) is 11.1. The van der Waals surface area contributed by atoms with Crippen LogP contribution >= 0.6 is 25.3 Å². The van der Waals surface area contributed by atoms with E-state index < -0.39 is 0 Å². The Morgan fingerprint density at radius 2 is 1.31 bits per heavy atom. The highest BCUT2D eigenvalue weighted by Crippen LogP contribution is 1.98. The molecule has 0 aliphatic heterocycles. The zero-order valence-electron chi connectivity index (χ0n) is 8.15. The van der Waals surface area contributed by atoms with Gasteiger partial charge in [0.2, 0.25) is 0 Å². The van der Waals surface area contributed by atoms with Gasteiger partial charge in [0.05, 0.1) is 0 Å². The van der Waals surface area contributed by atoms with Gasteiger partial charge < -0.3 is 10.0 Å². The van der Waals surface area contributed by atoms with Crippen molar-refractivity contribution in [1.29, 1.82) is 0 Å². The minimum absolute atomic E-state index is 0.290. The molecule has 0 unspecified atom stereocenters. The molecule has 0 saturated heterocycles. The summed E-state index contributed by atoms with van der Waals surface area (Å²) in [5, 5.41) is 8.71. The van der Waals surface area contributed by atoms with E-state index in [1.807, 2.05) is 0 Å². The molecule has 0 amide bonds. The topological polar surface area (TPSA) is 23.5 Å². The summed E-state index contributed by atoms with van der Waals surface area (Å²) in [6.07, 6.45) is 3.13. The summed E-state index contributed by atoms with van der Waals surface area (Å²) < 4.78 is 0. The molecule has 0 spiro atoms. The highest BCUT2D eigenvalue weighted by atomic mass is 32.1. The second-order valence-electron chi connectivity index (χ2n) is 3.07. The number of rotatable bonds is 9. The number of thiol groups is 2. The molecule has 0 aliphatic rings. The van der Waals surface area contributed by atoms with Crippen molar-refractivity contribution < 1.29 is 5.11 Å². The van der Waals surface area contributed by atoms with Gasteiger partial charge in [-0.15, -0.1) is 0 Å². The van der Waals surface area contributed by atoms with E-state index in [2.05, 4.69) is 30.2 Å². The lowest BCUT2D eigenvalue weighted by atomic mass is 10.3. The van der Waals surface area contributed by atoms with Crippen molar-refractivity contribution in [2.75, 3.05) is 37.7 Å². The SMILES string of the molecule is OCCCN(CCCS)CCCS. The molecule has 0 fully saturated rings. The van der Waals surface area contributed by atoms with Gasteiger partial charge in [-0.2, -0.15) is 25.3 Å². The maximum Gasteiger partial charge on any atom is 0.0443 e. The fraction of sp³-hybridized carbons (Fsp3) is 1.00. The summed E-state index contributed by atoms with van der Waals surface area (Å²) >= 11 is 8.37. The third-order valence-corrected chi connectivity index (χ3v) is 2.53. The van der Waals surface area contributed by atoms with E-state index >= 15 is 0 Å². The van der Waals surface area contributed by atoms with Crippen LogP contribution in [0, 0.1) is 0 Å². The van der Waals surface area contributed by atoms with Gasteiger partial charge in [0, 0.05) is 13.2 Å². The summed E-state index contributed by atoms with van der Waals surface area (Å²) in [5.74, 6) is 1.88. The molecular weight excluding hydrogens is 202 g/mol. The standard InChI is InChI=1S/C9H21NOS2/c11-7-1-4-10(5-2-8-12)6-3-9-13/h11-13H,1-9H2. The lowest BCUT2D eigenvalue weighted by Crippen LogP contribution is -2.28. The average Bonchev–Trinajstić information content (AvgIpc) is 2.17. The molecule has 0 atom stereocenters. The third-order valence-electron chi connectivity index (χ3n) is 1.90. The van der Waals surface area contributed by atoms with E-state index in [1.54, 1.807) is 0 Å². The van der Waals surface area contributed by atoms with Gasteiger partial charge in [0.25, 0.3) is 0 Å². The Bertz CT molecular complexity index is 84.6. The summed E-state index contributed by atoms with van der Waals surface area (Å²) in [4.78, 5) is 2.38. The predicted molar refractivity (Wildman–Crippen MR) is 65.1 cm³/mol. The summed E-state index contributed by atoms with van der Waals surface area (Å²) in [7, 11) is 0. The van der Waals surface area contributed by atoms with Crippen LogP contribution in [-0.4, -0.2) is 47.8 Å². The van der Waals surface area contributed by atoms with Crippen LogP contribution in [0.2, 0.25) is 0 Å². The van der Waals surface area contributed by atoms with Gasteiger partial charge in [0.15, 0.2) is 0 Å². The summed E-state index contributed by atoms with van der Waals surface area (Å²) in [6, 6.07) is 0. The Morgan fingerprint density at radius 3 is 1.69 bits per heavy atom. The molecule has 1 N–H and O–H groups in total. The second-order valence-corrected chi connectivity index (χ2v) is 3.97. The van der Waals surface area contributed by atoms with Crippen molar-refractivity contribution in [3.8, 4) is 0 Å². The highest BCUT2D eigenvalue weighted by Gasteiger charge is 2.02. The van der Waals surface area contributed by atoms with Crippen molar-refractivity contribution >= 4 is 25.3 Å². The molecule has 0 aromatic heterocycles. The Labute approximate surface area is 92.5 Å². The quantitative estimate of drug-likeness (QED) is 0.513. The Kier molecular flexibility index (Phi) is 11.2. The van der Waals surface area contributed by atoms with E-state index in [9.17, 15) is 0 Å². The van der Waals surface area contributed by atoms with Crippen LogP contribution in [0.25, 0.3) is 0 Å². The van der Waals surface area contributed by atoms with Crippen molar-refractivity contribution in [1.82, 2.24) is 4.90 Å². The van der Waals surface area contributed by atoms with Crippen LogP contribution in [0.15, 0.2) is 0 Å². The Balaban J connectivity index is 3.47. The minimum atomic E-state index is 0.290. The van der Waals surface area contributed by atoms with E-state index in [4.69, 9.17) is 5.11 Å². The number of aliphatic hydroxyl groups excluding tert-OH is 1. The first kappa shape index (κ1) is 13.6. The average molecular weight is 223 g/mol. The molecule has 0 aromatic rings. The molecule has 0 saturated carbocycles. The van der Waals surface area contributed by atoms with Crippen molar-refractivity contribution in [3.63, 3.8) is 0 Å². The minimum Gasteiger partial charge on any atom is -0.396 e. The number of hydrogen-bond acceptors (Lipinski definition) is 4. The number of hydrogen-bond donors (Lipinski definition) is 3. The zero-order chi connectivity index (χ0) is 9.94. The maximum absolute atomic E-state index is 8.71. The molecule has 4 heteroatoms. The number of aliphatic hydroxyl groups is 1. The van der Waals surface area contributed by atoms with Gasteiger partial charge in [-0.1, -0.05) is 0 Å². The first-order valence-corrected chi connectivity index (χ1v) is 6.16. The monoisotopic (exact) mass is 223 g/mol. The Hall–Kier alpha value is 0.620. The zero-order valence-corrected chi connectivity index (χ0v) is 9.94. The largest absolute Gasteiger partial charge is 0.396 e. The third kappa shape index (κ3) is 8.94. The predicted octanol–water partition coefficient (Wildman–Crippen LogP) is 1.31. The number of nitrogens with zero attached hydrogens (tertiary/aromatic N) is 1. The summed E-state index contributed by atoms with van der Waals surface area (Å²) in [5.41, 5.74) is 0. The lowest BCUT2D eigenvalue weighted by Gasteiger charge is -2.20. The van der Waals surface area contributed by atoms with Gasteiger partial charge in [0.1, 0.15) is 0 Å². The van der Waals surface area contributed by atoms with Gasteiger partial charge >= 0.3 is 0 Å². The molecule has 0 radical (unpaired) electrons. The van der Waals surface area contributed by atoms with Gasteiger partial charge in [-0.3, -0.25) is 0 Å². The highest BCUT2D eigenvalue weighted by molar-refractivity contribution is 7.80. The first-order valence-electron chi connectivity index (χ1n) is 4.90. The van der Waals surface area contributed by atoms with E-state index in [1.165, 1.54) is 0 Å². The molecule has 0 aliphatic carbocycles. The smallest absolute Gasteiger partial charge is 0.0443 e. The van der Waals surface area contributed by atoms with E-state index in [0.717, 1.165) is 50.4 Å². The van der Waals surface area contributed by atoms with Gasteiger partial charge in [-0.25, -0.2) is 0 Å². The molecule has 0 heterocycles. The van der Waals surface area contributed by atoms with E-state index in [-0.39, 0.29) is 6.61 Å². The molecule has 2 nitrogen and oxygen atoms in total. The fourth-order valence-corrected chi connectivity index (χ4v) is 1.50. The van der Waals surface area contributed by atoms with Crippen LogP contribution in [0.3, 0.4) is 0 Å². The van der Waals surface area contributed by atoms with Gasteiger partial charge in [-0.05, 0) is 43.9 Å². The lowest BCUT2D eigenvalue weighted by molar-refractivity contribution is 0.225. The summed E-state index contributed by atoms with van der Waals surface area (Å²) in [6.45, 7) is 3.48. The van der Waals surface area contributed by atoms with E-state index in [0.29, 0.717) is 0 Å². The molecule has 0 bridgehead atoms. The molecule has 13 heavy (non-hydrogen) atoms. The fourth-order valence-electron chi connectivity index (χ4n) is 1.22. The molecule has 0 aromatic carbocycles. The van der Waals surface area contributed by atoms with Crippen LogP contribution in [-0.2, 0) is 0 Å². The second kappa shape index (κ2) is 10.7. The van der Waals surface area contributed by atoms with Crippen molar-refractivity contribution in [2.24, 2.45) is 0 Å². The molecular formula is C9H21NOS2. The van der Waals surface area contributed by atoms with Crippen LogP contribution < -0.4 is 0 Å². The van der Waals surface area contributed by atoms with Crippen LogP contribution in [0.4, 0.5) is 0 Å². The Morgan fingerprint density at radius 1 is 0.846 bits per heavy atom. The van der Waals surface area contributed by atoms with Crippen LogP contribution in [0.5, 0.6) is 0 Å². The first-order chi connectivity index (χ1) is 6.35. The molecule has 0 rings (SSSR count). The van der Waals surface area contributed by atoms with Crippen LogP contribution in [0.1, 0.15) is 19.3 Å². The molecule has 80 valence electrons. The van der Waals surface area contributed by atoms with Crippen molar-refractivity contribution in [3.05, 3.63) is 0 Å². The van der Waals surface area contributed by atoms with Crippen molar-refractivity contribution in [2.45, 2.75) is 19.3 Å².